The Bertz CT molecular complexity index is 236. The second-order valence-electron chi connectivity index (χ2n) is 6.55. The van der Waals surface area contributed by atoms with Gasteiger partial charge < -0.3 is 15.1 Å². The molecule has 0 radical (unpaired) electrons. The van der Waals surface area contributed by atoms with Crippen LogP contribution in [0.1, 0.15) is 53.4 Å². The number of nitrogens with zero attached hydrogens (tertiary/aromatic N) is 2. The van der Waals surface area contributed by atoms with Crippen molar-refractivity contribution in [2.75, 3.05) is 39.8 Å². The van der Waals surface area contributed by atoms with E-state index in [-0.39, 0.29) is 0 Å². The molecule has 3 nitrogen and oxygen atoms in total. The number of likely N-dealkylation sites (tertiary alicyclic amines) is 1. The van der Waals surface area contributed by atoms with Crippen molar-refractivity contribution in [1.29, 1.82) is 0 Å². The lowest BCUT2D eigenvalue weighted by molar-refractivity contribution is 0.115. The largest absolute Gasteiger partial charge is 0.312 e. The summed E-state index contributed by atoms with van der Waals surface area (Å²) in [5.41, 5.74) is 0. The molecule has 0 aromatic heterocycles. The summed E-state index contributed by atoms with van der Waals surface area (Å²) < 4.78 is 0. The molecule has 1 aliphatic rings. The Labute approximate surface area is 127 Å². The molecule has 20 heavy (non-hydrogen) atoms. The molecule has 0 bridgehead atoms. The van der Waals surface area contributed by atoms with Crippen molar-refractivity contribution in [3.05, 3.63) is 0 Å². The first-order valence-corrected chi connectivity index (χ1v) is 8.78. The van der Waals surface area contributed by atoms with Gasteiger partial charge in [-0.15, -0.1) is 0 Å². The standard InChI is InChI=1S/C17H37N3/c1-6-11-18-17(15(4)7-2)14-19(5)16-9-12-20(8-3)13-10-16/h15-18H,6-14H2,1-5H3. The van der Waals surface area contributed by atoms with E-state index in [4.69, 9.17) is 0 Å². The lowest BCUT2D eigenvalue weighted by Gasteiger charge is -2.39. The molecule has 1 heterocycles. The maximum Gasteiger partial charge on any atom is 0.0220 e. The second-order valence-corrected chi connectivity index (χ2v) is 6.55. The molecule has 1 rings (SSSR count). The average Bonchev–Trinajstić information content (AvgIpc) is 2.50. The van der Waals surface area contributed by atoms with Crippen molar-refractivity contribution in [2.45, 2.75) is 65.5 Å². The average molecular weight is 284 g/mol. The Balaban J connectivity index is 2.42. The van der Waals surface area contributed by atoms with Gasteiger partial charge in [-0.25, -0.2) is 0 Å². The summed E-state index contributed by atoms with van der Waals surface area (Å²) >= 11 is 0. The third-order valence-corrected chi connectivity index (χ3v) is 5.10. The SMILES string of the molecule is CCCNC(CN(C)C1CCN(CC)CC1)C(C)CC. The first-order valence-electron chi connectivity index (χ1n) is 8.78. The van der Waals surface area contributed by atoms with Crippen LogP contribution in [0.25, 0.3) is 0 Å². The number of nitrogens with one attached hydrogen (secondary N) is 1. The van der Waals surface area contributed by atoms with Crippen LogP contribution in [0.15, 0.2) is 0 Å². The van der Waals surface area contributed by atoms with Gasteiger partial charge in [-0.1, -0.05) is 34.1 Å². The minimum Gasteiger partial charge on any atom is -0.312 e. The van der Waals surface area contributed by atoms with Gasteiger partial charge in [0.05, 0.1) is 0 Å². The van der Waals surface area contributed by atoms with Gasteiger partial charge in [0.25, 0.3) is 0 Å². The van der Waals surface area contributed by atoms with Crippen molar-refractivity contribution in [1.82, 2.24) is 15.1 Å². The molecule has 3 heteroatoms. The molecular weight excluding hydrogens is 246 g/mol. The minimum atomic E-state index is 0.647. The first-order chi connectivity index (χ1) is 9.62. The van der Waals surface area contributed by atoms with Crippen LogP contribution >= 0.6 is 0 Å². The van der Waals surface area contributed by atoms with Crippen LogP contribution < -0.4 is 5.32 Å². The highest BCUT2D eigenvalue weighted by molar-refractivity contribution is 4.82. The Morgan fingerprint density at radius 2 is 1.85 bits per heavy atom. The predicted molar refractivity (Wildman–Crippen MR) is 89.3 cm³/mol. The second kappa shape index (κ2) is 9.75. The van der Waals surface area contributed by atoms with E-state index >= 15 is 0 Å². The molecule has 0 aromatic rings. The van der Waals surface area contributed by atoms with Gasteiger partial charge in [0, 0.05) is 18.6 Å². The van der Waals surface area contributed by atoms with Crippen molar-refractivity contribution in [3.63, 3.8) is 0 Å². The van der Waals surface area contributed by atoms with Gasteiger partial charge in [-0.2, -0.15) is 0 Å². The van der Waals surface area contributed by atoms with Crippen molar-refractivity contribution >= 4 is 0 Å². The van der Waals surface area contributed by atoms with Crippen LogP contribution in [0.4, 0.5) is 0 Å². The van der Waals surface area contributed by atoms with E-state index in [1.807, 2.05) is 0 Å². The summed E-state index contributed by atoms with van der Waals surface area (Å²) in [7, 11) is 2.33. The molecule has 0 amide bonds. The molecule has 1 fully saturated rings. The van der Waals surface area contributed by atoms with E-state index in [9.17, 15) is 0 Å². The molecule has 1 N–H and O–H groups in total. The Hall–Kier alpha value is -0.120. The quantitative estimate of drug-likeness (QED) is 0.702. The summed E-state index contributed by atoms with van der Waals surface area (Å²) in [6.07, 6.45) is 5.17. The molecule has 0 saturated carbocycles. The van der Waals surface area contributed by atoms with E-state index in [0.717, 1.165) is 18.5 Å². The Kier molecular flexibility index (Phi) is 8.74. The fourth-order valence-electron chi connectivity index (χ4n) is 3.20. The van der Waals surface area contributed by atoms with Crippen LogP contribution in [-0.2, 0) is 0 Å². The molecule has 2 atom stereocenters. The zero-order valence-electron chi connectivity index (χ0n) is 14.5. The summed E-state index contributed by atoms with van der Waals surface area (Å²) in [5, 5.41) is 3.76. The number of piperidine rings is 1. The smallest absolute Gasteiger partial charge is 0.0220 e. The Morgan fingerprint density at radius 1 is 1.20 bits per heavy atom. The zero-order chi connectivity index (χ0) is 15.0. The van der Waals surface area contributed by atoms with Crippen molar-refractivity contribution in [2.24, 2.45) is 5.92 Å². The van der Waals surface area contributed by atoms with Gasteiger partial charge in [-0.3, -0.25) is 0 Å². The normalized spacial score (nSPS) is 21.3. The first kappa shape index (κ1) is 17.9. The lowest BCUT2D eigenvalue weighted by atomic mass is 9.96. The van der Waals surface area contributed by atoms with Crippen LogP contribution in [0.5, 0.6) is 0 Å². The monoisotopic (exact) mass is 283 g/mol. The van der Waals surface area contributed by atoms with E-state index in [1.165, 1.54) is 51.9 Å². The maximum atomic E-state index is 3.76. The number of hydrogen-bond donors (Lipinski definition) is 1. The summed E-state index contributed by atoms with van der Waals surface area (Å²) in [5.74, 6) is 0.764. The summed E-state index contributed by atoms with van der Waals surface area (Å²) in [4.78, 5) is 5.19. The van der Waals surface area contributed by atoms with E-state index in [2.05, 4.69) is 49.9 Å². The number of hydrogen-bond acceptors (Lipinski definition) is 3. The highest BCUT2D eigenvalue weighted by Gasteiger charge is 2.24. The highest BCUT2D eigenvalue weighted by Crippen LogP contribution is 2.17. The fourth-order valence-corrected chi connectivity index (χ4v) is 3.20. The maximum absolute atomic E-state index is 3.76. The predicted octanol–water partition coefficient (Wildman–Crippen LogP) is 2.82. The summed E-state index contributed by atoms with van der Waals surface area (Å²) in [6.45, 7) is 15.4. The topological polar surface area (TPSA) is 18.5 Å². The molecule has 0 aliphatic carbocycles. The van der Waals surface area contributed by atoms with Crippen molar-refractivity contribution in [3.8, 4) is 0 Å². The van der Waals surface area contributed by atoms with Crippen LogP contribution in [0, 0.1) is 5.92 Å². The summed E-state index contributed by atoms with van der Waals surface area (Å²) in [6, 6.07) is 1.43. The van der Waals surface area contributed by atoms with Gasteiger partial charge >= 0.3 is 0 Å². The molecule has 1 aliphatic heterocycles. The lowest BCUT2D eigenvalue weighted by Crippen LogP contribution is -2.49. The number of likely N-dealkylation sites (N-methyl/N-ethyl adjacent to an activating group) is 1. The molecule has 1 saturated heterocycles. The van der Waals surface area contributed by atoms with Gasteiger partial charge in [0.1, 0.15) is 0 Å². The highest BCUT2D eigenvalue weighted by atomic mass is 15.2. The third kappa shape index (κ3) is 5.71. The fraction of sp³-hybridized carbons (Fsp3) is 1.00. The third-order valence-electron chi connectivity index (χ3n) is 5.10. The van der Waals surface area contributed by atoms with E-state index in [0.29, 0.717) is 6.04 Å². The van der Waals surface area contributed by atoms with E-state index in [1.54, 1.807) is 0 Å². The van der Waals surface area contributed by atoms with Crippen LogP contribution in [0.2, 0.25) is 0 Å². The van der Waals surface area contributed by atoms with E-state index < -0.39 is 0 Å². The zero-order valence-corrected chi connectivity index (χ0v) is 14.5. The minimum absolute atomic E-state index is 0.647. The molecule has 2 unspecified atom stereocenters. The van der Waals surface area contributed by atoms with Gasteiger partial charge in [0.2, 0.25) is 0 Å². The molecular formula is C17H37N3. The Morgan fingerprint density at radius 3 is 2.35 bits per heavy atom. The van der Waals surface area contributed by atoms with Gasteiger partial charge in [-0.05, 0) is 58.4 Å². The van der Waals surface area contributed by atoms with Crippen LogP contribution in [0.3, 0.4) is 0 Å². The van der Waals surface area contributed by atoms with Crippen LogP contribution in [-0.4, -0.2) is 61.7 Å². The number of rotatable bonds is 9. The van der Waals surface area contributed by atoms with Crippen molar-refractivity contribution < 1.29 is 0 Å². The van der Waals surface area contributed by atoms with Gasteiger partial charge in [0.15, 0.2) is 0 Å². The molecule has 0 spiro atoms. The molecule has 120 valence electrons. The molecule has 0 aromatic carbocycles.